The van der Waals surface area contributed by atoms with Gasteiger partial charge in [-0.2, -0.15) is 5.26 Å². The number of nitrogens with zero attached hydrogens (tertiary/aromatic N) is 2. The van der Waals surface area contributed by atoms with Crippen LogP contribution in [-0.4, -0.2) is 44.0 Å². The summed E-state index contributed by atoms with van der Waals surface area (Å²) >= 11 is 7.08. The summed E-state index contributed by atoms with van der Waals surface area (Å²) in [5.41, 5.74) is 0. The van der Waals surface area contributed by atoms with E-state index in [9.17, 15) is 4.79 Å². The summed E-state index contributed by atoms with van der Waals surface area (Å²) < 4.78 is 5.60. The van der Waals surface area contributed by atoms with Gasteiger partial charge in [0.1, 0.15) is 0 Å². The maximum absolute atomic E-state index is 12.0. The van der Waals surface area contributed by atoms with E-state index in [1.165, 1.54) is 11.3 Å². The number of ketones is 1. The molecule has 0 bridgehead atoms. The minimum absolute atomic E-state index is 0.0287. The molecule has 0 saturated carbocycles. The Morgan fingerprint density at radius 1 is 1.56 bits per heavy atom. The lowest BCUT2D eigenvalue weighted by atomic mass is 10.3. The van der Waals surface area contributed by atoms with Crippen molar-refractivity contribution >= 4 is 28.7 Å². The zero-order valence-corrected chi connectivity index (χ0v) is 11.8. The Labute approximate surface area is 116 Å². The Balaban J connectivity index is 2.53. The summed E-state index contributed by atoms with van der Waals surface area (Å²) in [5.74, 6) is 0.0287. The van der Waals surface area contributed by atoms with Gasteiger partial charge in [0.25, 0.3) is 0 Å². The van der Waals surface area contributed by atoms with E-state index in [4.69, 9.17) is 21.6 Å². The number of carbonyl (C=O) groups excluding carboxylic acids is 1. The van der Waals surface area contributed by atoms with E-state index in [0.29, 0.717) is 41.9 Å². The van der Waals surface area contributed by atoms with Crippen molar-refractivity contribution < 1.29 is 9.53 Å². The number of carbonyl (C=O) groups is 1. The highest BCUT2D eigenvalue weighted by Gasteiger charge is 2.14. The zero-order valence-electron chi connectivity index (χ0n) is 10.2. The SMILES string of the molecule is COCCN(CCC#N)CC(=O)c1ccc(Cl)s1. The maximum atomic E-state index is 12.0. The molecule has 0 unspecified atom stereocenters. The third-order valence-corrected chi connectivity index (χ3v) is 3.64. The summed E-state index contributed by atoms with van der Waals surface area (Å²) in [4.78, 5) is 14.6. The molecule has 1 heterocycles. The Morgan fingerprint density at radius 3 is 2.89 bits per heavy atom. The number of thiophene rings is 1. The molecule has 0 fully saturated rings. The van der Waals surface area contributed by atoms with Crippen molar-refractivity contribution in [1.82, 2.24) is 4.90 Å². The molecule has 4 nitrogen and oxygen atoms in total. The molecular formula is C12H15ClN2O2S. The maximum Gasteiger partial charge on any atom is 0.186 e. The van der Waals surface area contributed by atoms with E-state index in [0.717, 1.165) is 0 Å². The van der Waals surface area contributed by atoms with Gasteiger partial charge in [-0.05, 0) is 12.1 Å². The molecule has 18 heavy (non-hydrogen) atoms. The van der Waals surface area contributed by atoms with Gasteiger partial charge in [0.05, 0.1) is 28.4 Å². The van der Waals surface area contributed by atoms with Crippen LogP contribution in [-0.2, 0) is 4.74 Å². The smallest absolute Gasteiger partial charge is 0.186 e. The molecule has 0 saturated heterocycles. The van der Waals surface area contributed by atoms with Crippen LogP contribution in [0.2, 0.25) is 4.34 Å². The third kappa shape index (κ3) is 5.15. The van der Waals surface area contributed by atoms with Crippen LogP contribution >= 0.6 is 22.9 Å². The Bertz CT molecular complexity index is 428. The number of Topliss-reactive ketones (excluding diaryl/α,β-unsaturated/α-hetero) is 1. The summed E-state index contributed by atoms with van der Waals surface area (Å²) in [7, 11) is 1.61. The number of hydrogen-bond donors (Lipinski definition) is 0. The average molecular weight is 287 g/mol. The molecule has 0 N–H and O–H groups in total. The molecule has 0 atom stereocenters. The van der Waals surface area contributed by atoms with Gasteiger partial charge >= 0.3 is 0 Å². The van der Waals surface area contributed by atoms with Crippen molar-refractivity contribution in [2.45, 2.75) is 6.42 Å². The van der Waals surface area contributed by atoms with Crippen LogP contribution in [0.15, 0.2) is 12.1 Å². The van der Waals surface area contributed by atoms with E-state index in [2.05, 4.69) is 6.07 Å². The average Bonchev–Trinajstić information content (AvgIpc) is 2.79. The van der Waals surface area contributed by atoms with Gasteiger partial charge in [-0.3, -0.25) is 9.69 Å². The molecule has 0 spiro atoms. The van der Waals surface area contributed by atoms with Crippen LogP contribution in [0.3, 0.4) is 0 Å². The lowest BCUT2D eigenvalue weighted by Gasteiger charge is -2.19. The fourth-order valence-electron chi connectivity index (χ4n) is 1.44. The molecule has 0 radical (unpaired) electrons. The number of ether oxygens (including phenoxy) is 1. The van der Waals surface area contributed by atoms with Gasteiger partial charge in [-0.15, -0.1) is 11.3 Å². The van der Waals surface area contributed by atoms with Gasteiger partial charge in [0.2, 0.25) is 0 Å². The lowest BCUT2D eigenvalue weighted by Crippen LogP contribution is -2.33. The fraction of sp³-hybridized carbons (Fsp3) is 0.500. The van der Waals surface area contributed by atoms with Gasteiger partial charge in [0, 0.05) is 26.6 Å². The van der Waals surface area contributed by atoms with Crippen LogP contribution < -0.4 is 0 Å². The molecule has 98 valence electrons. The minimum atomic E-state index is 0.0287. The van der Waals surface area contributed by atoms with E-state index in [1.807, 2.05) is 4.90 Å². The van der Waals surface area contributed by atoms with Crippen LogP contribution in [0.1, 0.15) is 16.1 Å². The van der Waals surface area contributed by atoms with Crippen molar-refractivity contribution in [2.75, 3.05) is 33.4 Å². The molecule has 1 aromatic rings. The van der Waals surface area contributed by atoms with Crippen LogP contribution in [0.5, 0.6) is 0 Å². The summed E-state index contributed by atoms with van der Waals surface area (Å²) in [6.07, 6.45) is 0.405. The van der Waals surface area contributed by atoms with Crippen molar-refractivity contribution in [1.29, 1.82) is 5.26 Å². The Kier molecular flexibility index (Phi) is 6.91. The molecule has 1 rings (SSSR count). The van der Waals surface area contributed by atoms with Gasteiger partial charge in [-0.1, -0.05) is 11.6 Å². The number of halogens is 1. The molecule has 0 aliphatic carbocycles. The summed E-state index contributed by atoms with van der Waals surface area (Å²) in [6.45, 7) is 2.06. The monoisotopic (exact) mass is 286 g/mol. The van der Waals surface area contributed by atoms with Crippen molar-refractivity contribution in [3.8, 4) is 6.07 Å². The first-order chi connectivity index (χ1) is 8.67. The highest BCUT2D eigenvalue weighted by molar-refractivity contribution is 7.18. The van der Waals surface area contributed by atoms with Crippen LogP contribution in [0.25, 0.3) is 0 Å². The molecular weight excluding hydrogens is 272 g/mol. The predicted octanol–water partition coefficient (Wildman–Crippen LogP) is 2.45. The standard InChI is InChI=1S/C12H15ClN2O2S/c1-17-8-7-15(6-2-5-14)9-10(16)11-3-4-12(13)18-11/h3-4H,2,6-9H2,1H3. The summed E-state index contributed by atoms with van der Waals surface area (Å²) in [5, 5.41) is 8.59. The van der Waals surface area contributed by atoms with Gasteiger partial charge < -0.3 is 4.74 Å². The quantitative estimate of drug-likeness (QED) is 0.689. The topological polar surface area (TPSA) is 53.3 Å². The van der Waals surface area contributed by atoms with Crippen LogP contribution in [0, 0.1) is 11.3 Å². The first kappa shape index (κ1) is 15.1. The van der Waals surface area contributed by atoms with Crippen molar-refractivity contribution in [3.63, 3.8) is 0 Å². The van der Waals surface area contributed by atoms with E-state index in [1.54, 1.807) is 19.2 Å². The highest BCUT2D eigenvalue weighted by Crippen LogP contribution is 2.21. The lowest BCUT2D eigenvalue weighted by molar-refractivity contribution is 0.0902. The second-order valence-corrected chi connectivity index (χ2v) is 5.42. The first-order valence-corrected chi connectivity index (χ1v) is 6.73. The van der Waals surface area contributed by atoms with Gasteiger partial charge in [0.15, 0.2) is 5.78 Å². The van der Waals surface area contributed by atoms with Gasteiger partial charge in [-0.25, -0.2) is 0 Å². The van der Waals surface area contributed by atoms with E-state index in [-0.39, 0.29) is 5.78 Å². The molecule has 0 aliphatic heterocycles. The van der Waals surface area contributed by atoms with Crippen molar-refractivity contribution in [3.05, 3.63) is 21.3 Å². The predicted molar refractivity (Wildman–Crippen MR) is 72.2 cm³/mol. The largest absolute Gasteiger partial charge is 0.383 e. The molecule has 0 aromatic carbocycles. The van der Waals surface area contributed by atoms with E-state index >= 15 is 0 Å². The first-order valence-electron chi connectivity index (χ1n) is 5.54. The van der Waals surface area contributed by atoms with Crippen LogP contribution in [0.4, 0.5) is 0 Å². The minimum Gasteiger partial charge on any atom is -0.383 e. The molecule has 1 aromatic heterocycles. The molecule has 0 amide bonds. The fourth-order valence-corrected chi connectivity index (χ4v) is 2.42. The second-order valence-electron chi connectivity index (χ2n) is 3.70. The van der Waals surface area contributed by atoms with Crippen molar-refractivity contribution in [2.24, 2.45) is 0 Å². The highest BCUT2D eigenvalue weighted by atomic mass is 35.5. The normalized spacial score (nSPS) is 10.6. The Hall–Kier alpha value is -0.930. The Morgan fingerprint density at radius 2 is 2.33 bits per heavy atom. The number of rotatable bonds is 8. The number of nitriles is 1. The zero-order chi connectivity index (χ0) is 13.4. The third-order valence-electron chi connectivity index (χ3n) is 2.37. The molecule has 0 aliphatic rings. The molecule has 6 heteroatoms. The number of methoxy groups -OCH3 is 1. The van der Waals surface area contributed by atoms with E-state index < -0.39 is 0 Å². The second kappa shape index (κ2) is 8.22. The number of hydrogen-bond acceptors (Lipinski definition) is 5. The summed E-state index contributed by atoms with van der Waals surface area (Å²) in [6, 6.07) is 5.53.